The fourth-order valence-corrected chi connectivity index (χ4v) is 4.83. The molecule has 142 valence electrons. The molecular formula is C20H15FN2O3S2. The smallest absolute Gasteiger partial charge is 0.301 e. The summed E-state index contributed by atoms with van der Waals surface area (Å²) in [5.74, 6) is -2.31. The average Bonchev–Trinajstić information content (AvgIpc) is 3.36. The monoisotopic (exact) mass is 414 g/mol. The number of thiazole rings is 1. The van der Waals surface area contributed by atoms with E-state index in [1.165, 1.54) is 51.8 Å². The van der Waals surface area contributed by atoms with Gasteiger partial charge in [0.05, 0.1) is 11.3 Å². The fraction of sp³-hybridized carbons (Fsp3) is 0.150. The van der Waals surface area contributed by atoms with Crippen molar-refractivity contribution in [3.05, 3.63) is 74.2 Å². The van der Waals surface area contributed by atoms with Crippen LogP contribution in [0.4, 0.5) is 9.52 Å². The van der Waals surface area contributed by atoms with Gasteiger partial charge in [-0.1, -0.05) is 6.07 Å². The van der Waals surface area contributed by atoms with E-state index in [1.54, 1.807) is 6.07 Å². The molecule has 2 aromatic heterocycles. The van der Waals surface area contributed by atoms with Crippen LogP contribution >= 0.6 is 22.7 Å². The van der Waals surface area contributed by atoms with Gasteiger partial charge < -0.3 is 5.11 Å². The van der Waals surface area contributed by atoms with Crippen LogP contribution in [0.5, 0.6) is 0 Å². The molecule has 1 aliphatic rings. The number of anilines is 1. The number of carbonyl (C=O) groups excluding carboxylic acids is 2. The van der Waals surface area contributed by atoms with Crippen LogP contribution in [-0.2, 0) is 9.59 Å². The van der Waals surface area contributed by atoms with Crippen molar-refractivity contribution in [1.29, 1.82) is 0 Å². The molecule has 3 aromatic rings. The van der Waals surface area contributed by atoms with Crippen LogP contribution in [0.2, 0.25) is 0 Å². The Bertz CT molecular complexity index is 1080. The molecule has 0 spiro atoms. The summed E-state index contributed by atoms with van der Waals surface area (Å²) in [4.78, 5) is 33.2. The summed E-state index contributed by atoms with van der Waals surface area (Å²) in [6.45, 7) is 3.73. The van der Waals surface area contributed by atoms with Gasteiger partial charge >= 0.3 is 5.91 Å². The second-order valence-electron chi connectivity index (χ2n) is 6.33. The lowest BCUT2D eigenvalue weighted by Gasteiger charge is -2.21. The predicted molar refractivity (Wildman–Crippen MR) is 107 cm³/mol. The van der Waals surface area contributed by atoms with E-state index in [-0.39, 0.29) is 16.9 Å². The fourth-order valence-electron chi connectivity index (χ4n) is 3.07. The van der Waals surface area contributed by atoms with Crippen LogP contribution in [-0.4, -0.2) is 21.8 Å². The normalized spacial score (nSPS) is 18.8. The molecule has 0 saturated carbocycles. The van der Waals surface area contributed by atoms with Gasteiger partial charge in [0, 0.05) is 15.3 Å². The highest BCUT2D eigenvalue weighted by molar-refractivity contribution is 7.16. The number of thiophene rings is 1. The number of aliphatic hydroxyl groups excluding tert-OH is 1. The van der Waals surface area contributed by atoms with Crippen molar-refractivity contribution in [3.63, 3.8) is 0 Å². The van der Waals surface area contributed by atoms with Gasteiger partial charge in [-0.25, -0.2) is 9.37 Å². The highest BCUT2D eigenvalue weighted by Gasteiger charge is 2.48. The highest BCUT2D eigenvalue weighted by Crippen LogP contribution is 2.44. The number of hydrogen-bond acceptors (Lipinski definition) is 6. The molecule has 1 aliphatic heterocycles. The number of halogens is 1. The van der Waals surface area contributed by atoms with E-state index in [0.29, 0.717) is 5.13 Å². The van der Waals surface area contributed by atoms with Gasteiger partial charge in [-0.2, -0.15) is 0 Å². The maximum atomic E-state index is 13.3. The van der Waals surface area contributed by atoms with E-state index in [9.17, 15) is 19.1 Å². The number of rotatable bonds is 3. The maximum absolute atomic E-state index is 13.3. The van der Waals surface area contributed by atoms with Crippen LogP contribution in [0.15, 0.2) is 47.4 Å². The SMILES string of the molecule is Cc1nc(N2C(=O)C(=O)/C(=C(/O)c3ccc(F)cc3)[C@H]2c2cccs2)sc1C. The zero-order valence-corrected chi connectivity index (χ0v) is 16.6. The first kappa shape index (κ1) is 18.5. The molecule has 1 aromatic carbocycles. The Hall–Kier alpha value is -2.84. The molecule has 1 N–H and O–H groups in total. The zero-order chi connectivity index (χ0) is 20.0. The Labute approximate surface area is 168 Å². The number of amides is 1. The number of nitrogens with zero attached hydrogens (tertiary/aromatic N) is 2. The first-order valence-electron chi connectivity index (χ1n) is 8.43. The largest absolute Gasteiger partial charge is 0.507 e. The molecule has 0 unspecified atom stereocenters. The van der Waals surface area contributed by atoms with Crippen LogP contribution in [0.3, 0.4) is 0 Å². The second kappa shape index (κ2) is 6.96. The molecule has 0 radical (unpaired) electrons. The Balaban J connectivity index is 1.92. The third-order valence-electron chi connectivity index (χ3n) is 4.60. The maximum Gasteiger partial charge on any atom is 0.301 e. The zero-order valence-electron chi connectivity index (χ0n) is 15.0. The molecule has 3 heterocycles. The van der Waals surface area contributed by atoms with Crippen molar-refractivity contribution in [2.75, 3.05) is 4.90 Å². The Morgan fingerprint density at radius 3 is 2.46 bits per heavy atom. The highest BCUT2D eigenvalue weighted by atomic mass is 32.1. The molecular weight excluding hydrogens is 399 g/mol. The van der Waals surface area contributed by atoms with E-state index in [2.05, 4.69) is 4.98 Å². The minimum absolute atomic E-state index is 0.0236. The third-order valence-corrected chi connectivity index (χ3v) is 6.59. The molecule has 28 heavy (non-hydrogen) atoms. The summed E-state index contributed by atoms with van der Waals surface area (Å²) in [7, 11) is 0. The van der Waals surface area contributed by atoms with E-state index in [4.69, 9.17) is 0 Å². The molecule has 0 aliphatic carbocycles. The van der Waals surface area contributed by atoms with Gasteiger partial charge in [0.25, 0.3) is 5.78 Å². The molecule has 1 atom stereocenters. The molecule has 0 bridgehead atoms. The van der Waals surface area contributed by atoms with Crippen molar-refractivity contribution >= 4 is 45.3 Å². The van der Waals surface area contributed by atoms with Crippen LogP contribution in [0.25, 0.3) is 5.76 Å². The summed E-state index contributed by atoms with van der Waals surface area (Å²) in [5, 5.41) is 13.1. The van der Waals surface area contributed by atoms with Crippen LogP contribution < -0.4 is 4.90 Å². The van der Waals surface area contributed by atoms with Crippen LogP contribution in [0.1, 0.15) is 27.1 Å². The number of aryl methyl sites for hydroxylation is 2. The van der Waals surface area contributed by atoms with Gasteiger partial charge in [-0.05, 0) is 49.6 Å². The van der Waals surface area contributed by atoms with E-state index in [1.807, 2.05) is 25.3 Å². The van der Waals surface area contributed by atoms with Crippen LogP contribution in [0, 0.1) is 19.7 Å². The average molecular weight is 414 g/mol. The van der Waals surface area contributed by atoms with E-state index in [0.717, 1.165) is 15.4 Å². The lowest BCUT2D eigenvalue weighted by Crippen LogP contribution is -2.29. The molecule has 5 nitrogen and oxygen atoms in total. The standard InChI is InChI=1S/C20H15FN2O3S2/c1-10-11(2)28-20(22-10)23-16(14-4-3-9-27-14)15(18(25)19(23)26)17(24)12-5-7-13(21)8-6-12/h3-9,16,24H,1-2H3/b17-15+/t16-/m1/s1. The number of ketones is 1. The molecule has 8 heteroatoms. The van der Waals surface area contributed by atoms with Crippen molar-refractivity contribution in [1.82, 2.24) is 4.98 Å². The first-order chi connectivity index (χ1) is 13.4. The van der Waals surface area contributed by atoms with Gasteiger partial charge in [0.2, 0.25) is 0 Å². The van der Waals surface area contributed by atoms with Crippen molar-refractivity contribution < 1.29 is 19.1 Å². The summed E-state index contributed by atoms with van der Waals surface area (Å²) < 4.78 is 13.3. The second-order valence-corrected chi connectivity index (χ2v) is 8.49. The van der Waals surface area contributed by atoms with E-state index < -0.39 is 23.5 Å². The Morgan fingerprint density at radius 2 is 1.89 bits per heavy atom. The third kappa shape index (κ3) is 2.94. The lowest BCUT2D eigenvalue weighted by molar-refractivity contribution is -0.132. The number of Topliss-reactive ketones (excluding diaryl/α,β-unsaturated/α-hetero) is 1. The number of hydrogen-bond donors (Lipinski definition) is 1. The predicted octanol–water partition coefficient (Wildman–Crippen LogP) is 4.59. The quantitative estimate of drug-likeness (QED) is 0.387. The summed E-state index contributed by atoms with van der Waals surface area (Å²) in [5.41, 5.74) is 1.03. The van der Waals surface area contributed by atoms with E-state index >= 15 is 0 Å². The number of aliphatic hydroxyl groups is 1. The molecule has 1 fully saturated rings. The number of aromatic nitrogens is 1. The van der Waals surface area contributed by atoms with Crippen molar-refractivity contribution in [2.45, 2.75) is 19.9 Å². The first-order valence-corrected chi connectivity index (χ1v) is 10.1. The van der Waals surface area contributed by atoms with Crippen molar-refractivity contribution in [2.24, 2.45) is 0 Å². The summed E-state index contributed by atoms with van der Waals surface area (Å²) in [6, 6.07) is 7.98. The molecule has 1 saturated heterocycles. The summed E-state index contributed by atoms with van der Waals surface area (Å²) >= 11 is 2.70. The van der Waals surface area contributed by atoms with Gasteiger partial charge in [0.15, 0.2) is 5.13 Å². The van der Waals surface area contributed by atoms with Gasteiger partial charge in [-0.3, -0.25) is 14.5 Å². The minimum Gasteiger partial charge on any atom is -0.507 e. The topological polar surface area (TPSA) is 70.5 Å². The minimum atomic E-state index is -0.786. The lowest BCUT2D eigenvalue weighted by atomic mass is 10.00. The number of carbonyl (C=O) groups is 2. The Kier molecular flexibility index (Phi) is 4.60. The molecule has 4 rings (SSSR count). The summed E-state index contributed by atoms with van der Waals surface area (Å²) in [6.07, 6.45) is 0. The molecule has 1 amide bonds. The van der Waals surface area contributed by atoms with Gasteiger partial charge in [0.1, 0.15) is 17.6 Å². The Morgan fingerprint density at radius 1 is 1.18 bits per heavy atom. The van der Waals surface area contributed by atoms with Gasteiger partial charge in [-0.15, -0.1) is 22.7 Å². The van der Waals surface area contributed by atoms with Crippen molar-refractivity contribution in [3.8, 4) is 0 Å². The number of benzene rings is 1.